The highest BCUT2D eigenvalue weighted by Crippen LogP contribution is 2.27. The van der Waals surface area contributed by atoms with E-state index in [2.05, 4.69) is 31.3 Å². The van der Waals surface area contributed by atoms with Crippen LogP contribution in [0.15, 0.2) is 29.2 Å². The SMILES string of the molecule is CCNC(CS(=O)c1cccc(C)c1)C1CCCCC1. The largest absolute Gasteiger partial charge is 0.313 e. The van der Waals surface area contributed by atoms with E-state index in [9.17, 15) is 4.21 Å². The van der Waals surface area contributed by atoms with E-state index in [-0.39, 0.29) is 0 Å². The minimum atomic E-state index is -0.889. The van der Waals surface area contributed by atoms with Gasteiger partial charge in [-0.3, -0.25) is 4.21 Å². The minimum absolute atomic E-state index is 0.404. The summed E-state index contributed by atoms with van der Waals surface area (Å²) in [7, 11) is -0.889. The zero-order chi connectivity index (χ0) is 14.4. The molecule has 2 rings (SSSR count). The van der Waals surface area contributed by atoms with Gasteiger partial charge in [0.25, 0.3) is 0 Å². The molecule has 0 amide bonds. The van der Waals surface area contributed by atoms with E-state index in [0.29, 0.717) is 12.0 Å². The second kappa shape index (κ2) is 7.94. The average Bonchev–Trinajstić information content (AvgIpc) is 2.47. The Kier molecular flexibility index (Phi) is 6.24. The Morgan fingerprint density at radius 1 is 1.30 bits per heavy atom. The molecule has 2 unspecified atom stereocenters. The van der Waals surface area contributed by atoms with Crippen molar-refractivity contribution < 1.29 is 4.21 Å². The number of benzene rings is 1. The van der Waals surface area contributed by atoms with Gasteiger partial charge in [-0.2, -0.15) is 0 Å². The van der Waals surface area contributed by atoms with Crippen LogP contribution < -0.4 is 5.32 Å². The molecule has 0 aliphatic heterocycles. The quantitative estimate of drug-likeness (QED) is 0.867. The molecular formula is C17H27NOS. The predicted molar refractivity (Wildman–Crippen MR) is 86.5 cm³/mol. The van der Waals surface area contributed by atoms with E-state index >= 15 is 0 Å². The molecule has 0 heterocycles. The number of nitrogens with one attached hydrogen (secondary N) is 1. The van der Waals surface area contributed by atoms with Crippen LogP contribution in [0.5, 0.6) is 0 Å². The van der Waals surface area contributed by atoms with Crippen LogP contribution in [0.2, 0.25) is 0 Å². The van der Waals surface area contributed by atoms with Gasteiger partial charge in [-0.25, -0.2) is 0 Å². The van der Waals surface area contributed by atoms with Gasteiger partial charge in [0.15, 0.2) is 0 Å². The Labute approximate surface area is 125 Å². The molecule has 0 saturated heterocycles. The third-order valence-electron chi connectivity index (χ3n) is 4.27. The highest BCUT2D eigenvalue weighted by atomic mass is 32.2. The highest BCUT2D eigenvalue weighted by Gasteiger charge is 2.25. The van der Waals surface area contributed by atoms with Crippen LogP contribution in [-0.4, -0.2) is 22.5 Å². The Bertz CT molecular complexity index is 440. The van der Waals surface area contributed by atoms with E-state index < -0.39 is 10.8 Å². The maximum atomic E-state index is 12.6. The summed E-state index contributed by atoms with van der Waals surface area (Å²) in [4.78, 5) is 0.976. The van der Waals surface area contributed by atoms with Crippen LogP contribution >= 0.6 is 0 Å². The summed E-state index contributed by atoms with van der Waals surface area (Å²) in [6.07, 6.45) is 6.63. The Balaban J connectivity index is 2.01. The summed E-state index contributed by atoms with van der Waals surface area (Å²) in [6.45, 7) is 5.17. The molecule has 0 aromatic heterocycles. The molecule has 1 fully saturated rings. The molecule has 2 nitrogen and oxygen atoms in total. The lowest BCUT2D eigenvalue weighted by Crippen LogP contribution is -2.41. The lowest BCUT2D eigenvalue weighted by Gasteiger charge is -2.30. The summed E-state index contributed by atoms with van der Waals surface area (Å²) < 4.78 is 12.6. The first-order valence-corrected chi connectivity index (χ1v) is 9.21. The van der Waals surface area contributed by atoms with Crippen LogP contribution in [0.1, 0.15) is 44.6 Å². The number of hydrogen-bond acceptors (Lipinski definition) is 2. The summed E-state index contributed by atoms with van der Waals surface area (Å²) in [5, 5.41) is 3.57. The van der Waals surface area contributed by atoms with E-state index in [1.165, 1.54) is 37.7 Å². The second-order valence-corrected chi connectivity index (χ2v) is 7.39. The summed E-state index contributed by atoms with van der Waals surface area (Å²) in [5.41, 5.74) is 1.19. The van der Waals surface area contributed by atoms with Crippen molar-refractivity contribution in [3.05, 3.63) is 29.8 Å². The van der Waals surface area contributed by atoms with Crippen molar-refractivity contribution in [2.45, 2.75) is 56.9 Å². The lowest BCUT2D eigenvalue weighted by molar-refractivity contribution is 0.287. The molecule has 0 bridgehead atoms. The third-order valence-corrected chi connectivity index (χ3v) is 5.71. The van der Waals surface area contributed by atoms with E-state index in [0.717, 1.165) is 17.2 Å². The van der Waals surface area contributed by atoms with Gasteiger partial charge in [0.05, 0.1) is 10.8 Å². The van der Waals surface area contributed by atoms with Gasteiger partial charge in [-0.1, -0.05) is 38.3 Å². The average molecular weight is 293 g/mol. The van der Waals surface area contributed by atoms with Crippen LogP contribution in [0, 0.1) is 12.8 Å². The Morgan fingerprint density at radius 2 is 2.05 bits per heavy atom. The van der Waals surface area contributed by atoms with Crippen molar-refractivity contribution in [2.75, 3.05) is 12.3 Å². The van der Waals surface area contributed by atoms with Gasteiger partial charge in [0.1, 0.15) is 0 Å². The molecule has 3 heteroatoms. The maximum absolute atomic E-state index is 12.6. The van der Waals surface area contributed by atoms with Gasteiger partial charge in [-0.05, 0) is 49.9 Å². The lowest BCUT2D eigenvalue weighted by atomic mass is 9.84. The van der Waals surface area contributed by atoms with Crippen molar-refractivity contribution in [2.24, 2.45) is 5.92 Å². The molecule has 20 heavy (non-hydrogen) atoms. The maximum Gasteiger partial charge on any atom is 0.0545 e. The van der Waals surface area contributed by atoms with E-state index in [1.54, 1.807) is 0 Å². The summed E-state index contributed by atoms with van der Waals surface area (Å²) >= 11 is 0. The van der Waals surface area contributed by atoms with Crippen molar-refractivity contribution in [1.29, 1.82) is 0 Å². The van der Waals surface area contributed by atoms with Crippen molar-refractivity contribution in [3.8, 4) is 0 Å². The highest BCUT2D eigenvalue weighted by molar-refractivity contribution is 7.85. The monoisotopic (exact) mass is 293 g/mol. The molecule has 0 radical (unpaired) electrons. The molecule has 1 aromatic rings. The van der Waals surface area contributed by atoms with E-state index in [1.807, 2.05) is 12.1 Å². The van der Waals surface area contributed by atoms with Gasteiger partial charge in [0.2, 0.25) is 0 Å². The van der Waals surface area contributed by atoms with Crippen molar-refractivity contribution in [3.63, 3.8) is 0 Å². The van der Waals surface area contributed by atoms with Crippen LogP contribution in [0.3, 0.4) is 0 Å². The fraction of sp³-hybridized carbons (Fsp3) is 0.647. The molecule has 1 aromatic carbocycles. The van der Waals surface area contributed by atoms with Gasteiger partial charge in [0, 0.05) is 16.7 Å². The van der Waals surface area contributed by atoms with E-state index in [4.69, 9.17) is 0 Å². The predicted octanol–water partition coefficient (Wildman–Crippen LogP) is 3.66. The van der Waals surface area contributed by atoms with Crippen LogP contribution in [-0.2, 0) is 10.8 Å². The first kappa shape index (κ1) is 15.7. The minimum Gasteiger partial charge on any atom is -0.313 e. The standard InChI is InChI=1S/C17H27NOS/c1-3-18-17(15-9-5-4-6-10-15)13-20(19)16-11-7-8-14(2)12-16/h7-8,11-12,15,17-18H,3-6,9-10,13H2,1-2H3. The second-order valence-electron chi connectivity index (χ2n) is 5.89. The van der Waals surface area contributed by atoms with Gasteiger partial charge < -0.3 is 5.32 Å². The van der Waals surface area contributed by atoms with Gasteiger partial charge in [-0.15, -0.1) is 0 Å². The normalized spacial score (nSPS) is 19.7. The Hall–Kier alpha value is -0.670. The van der Waals surface area contributed by atoms with Gasteiger partial charge >= 0.3 is 0 Å². The molecular weight excluding hydrogens is 266 g/mol. The van der Waals surface area contributed by atoms with Crippen LogP contribution in [0.4, 0.5) is 0 Å². The summed E-state index contributed by atoms with van der Waals surface area (Å²) in [5.74, 6) is 1.46. The molecule has 1 aliphatic carbocycles. The third kappa shape index (κ3) is 4.42. The number of hydrogen-bond donors (Lipinski definition) is 1. The Morgan fingerprint density at radius 3 is 2.70 bits per heavy atom. The van der Waals surface area contributed by atoms with Crippen molar-refractivity contribution >= 4 is 10.8 Å². The molecule has 1 N–H and O–H groups in total. The first-order chi connectivity index (χ1) is 9.70. The molecule has 112 valence electrons. The first-order valence-electron chi connectivity index (χ1n) is 7.89. The molecule has 1 saturated carbocycles. The molecule has 1 aliphatic rings. The number of aryl methyl sites for hydroxylation is 1. The fourth-order valence-electron chi connectivity index (χ4n) is 3.18. The molecule has 2 atom stereocenters. The van der Waals surface area contributed by atoms with Crippen LogP contribution in [0.25, 0.3) is 0 Å². The fourth-order valence-corrected chi connectivity index (χ4v) is 4.63. The smallest absolute Gasteiger partial charge is 0.0545 e. The molecule has 0 spiro atoms. The zero-order valence-electron chi connectivity index (χ0n) is 12.7. The topological polar surface area (TPSA) is 29.1 Å². The summed E-state index contributed by atoms with van der Waals surface area (Å²) in [6, 6.07) is 8.52. The number of rotatable bonds is 6. The van der Waals surface area contributed by atoms with Crippen molar-refractivity contribution in [1.82, 2.24) is 5.32 Å². The zero-order valence-corrected chi connectivity index (χ0v) is 13.5.